The number of nitrogens with one attached hydrogen (secondary N) is 1. The van der Waals surface area contributed by atoms with Gasteiger partial charge in [0, 0.05) is 26.1 Å². The molecule has 0 radical (unpaired) electrons. The first-order chi connectivity index (χ1) is 15.1. The monoisotopic (exact) mass is 419 g/mol. The Morgan fingerprint density at radius 3 is 2.71 bits per heavy atom. The van der Waals surface area contributed by atoms with Gasteiger partial charge in [0.15, 0.2) is 0 Å². The lowest BCUT2D eigenvalue weighted by Gasteiger charge is -2.30. The van der Waals surface area contributed by atoms with Gasteiger partial charge in [-0.2, -0.15) is 0 Å². The van der Waals surface area contributed by atoms with Gasteiger partial charge < -0.3 is 5.32 Å². The highest BCUT2D eigenvalue weighted by molar-refractivity contribution is 5.77. The van der Waals surface area contributed by atoms with Gasteiger partial charge in [-0.25, -0.2) is 4.68 Å². The first-order valence-electron chi connectivity index (χ1n) is 11.0. The summed E-state index contributed by atoms with van der Waals surface area (Å²) in [6.07, 6.45) is 2.79. The van der Waals surface area contributed by atoms with Crippen LogP contribution in [0.2, 0.25) is 0 Å². The molecule has 0 aliphatic carbocycles. The number of aromatic nitrogens is 3. The molecule has 1 amide bonds. The Hall–Kier alpha value is -3.06. The first-order valence-corrected chi connectivity index (χ1v) is 11.0. The second-order valence-electron chi connectivity index (χ2n) is 8.46. The lowest BCUT2D eigenvalue weighted by molar-refractivity contribution is -0.121. The van der Waals surface area contributed by atoms with E-state index in [0.717, 1.165) is 18.0 Å². The van der Waals surface area contributed by atoms with Crippen molar-refractivity contribution in [1.82, 2.24) is 25.2 Å². The van der Waals surface area contributed by atoms with E-state index in [1.54, 1.807) is 18.2 Å². The van der Waals surface area contributed by atoms with Crippen LogP contribution in [0.1, 0.15) is 37.3 Å². The number of hydrogen-bond donors (Lipinski definition) is 1. The summed E-state index contributed by atoms with van der Waals surface area (Å²) in [5.74, 6) is 0.660. The van der Waals surface area contributed by atoms with Gasteiger partial charge in [0.05, 0.1) is 11.9 Å². The van der Waals surface area contributed by atoms with Crippen LogP contribution in [0, 0.1) is 5.92 Å². The average Bonchev–Trinajstić information content (AvgIpc) is 2.78. The third-order valence-corrected chi connectivity index (χ3v) is 5.84. The van der Waals surface area contributed by atoms with E-state index in [1.807, 2.05) is 6.07 Å². The maximum atomic E-state index is 12.4. The van der Waals surface area contributed by atoms with Crippen molar-refractivity contribution < 1.29 is 4.79 Å². The predicted molar refractivity (Wildman–Crippen MR) is 120 cm³/mol. The number of rotatable bonds is 7. The van der Waals surface area contributed by atoms with Gasteiger partial charge in [-0.15, -0.1) is 5.10 Å². The van der Waals surface area contributed by atoms with Crippen LogP contribution in [-0.2, 0) is 24.4 Å². The highest BCUT2D eigenvalue weighted by Gasteiger charge is 2.16. The fraction of sp³-hybridized carbons (Fsp3) is 0.417. The van der Waals surface area contributed by atoms with E-state index in [4.69, 9.17) is 0 Å². The minimum Gasteiger partial charge on any atom is -0.352 e. The number of aryl methyl sites for hydroxylation is 1. The molecular weight excluding hydrogens is 390 g/mol. The summed E-state index contributed by atoms with van der Waals surface area (Å²) >= 11 is 0. The van der Waals surface area contributed by atoms with Gasteiger partial charge in [-0.05, 0) is 48.6 Å². The van der Waals surface area contributed by atoms with Crippen molar-refractivity contribution >= 4 is 16.8 Å². The molecule has 1 atom stereocenters. The molecule has 0 saturated carbocycles. The molecule has 1 N–H and O–H groups in total. The fourth-order valence-electron chi connectivity index (χ4n) is 4.12. The summed E-state index contributed by atoms with van der Waals surface area (Å²) in [4.78, 5) is 27.2. The number of carbonyl (C=O) groups is 1. The standard InChI is InChI=1S/C24H29N5O2/c1-18-5-4-13-28(16-18)17-20-10-8-19(9-11-20)15-25-23(30)12-14-29-24(31)21-6-2-3-7-22(21)26-27-29/h2-3,6-11,18H,4-5,12-17H2,1H3,(H,25,30)/t18-/m1/s1. The van der Waals surface area contributed by atoms with E-state index >= 15 is 0 Å². The van der Waals surface area contributed by atoms with Crippen molar-refractivity contribution in [3.63, 3.8) is 0 Å². The van der Waals surface area contributed by atoms with Crippen LogP contribution in [-0.4, -0.2) is 38.9 Å². The molecule has 3 aromatic rings. The summed E-state index contributed by atoms with van der Waals surface area (Å²) in [6, 6.07) is 15.5. The van der Waals surface area contributed by atoms with Crippen molar-refractivity contribution in [2.75, 3.05) is 13.1 Å². The number of amides is 1. The number of benzene rings is 2. The minimum atomic E-state index is -0.225. The molecule has 0 bridgehead atoms. The zero-order valence-corrected chi connectivity index (χ0v) is 18.0. The molecule has 1 fully saturated rings. The Kier molecular flexibility index (Phi) is 6.72. The fourth-order valence-corrected chi connectivity index (χ4v) is 4.12. The lowest BCUT2D eigenvalue weighted by atomic mass is 9.99. The number of piperidine rings is 1. The summed E-state index contributed by atoms with van der Waals surface area (Å²) in [6.45, 7) is 6.32. The summed E-state index contributed by atoms with van der Waals surface area (Å²) < 4.78 is 1.25. The van der Waals surface area contributed by atoms with Crippen molar-refractivity contribution in [1.29, 1.82) is 0 Å². The molecule has 1 aliphatic heterocycles. The smallest absolute Gasteiger partial charge is 0.277 e. The first kappa shape index (κ1) is 21.2. The molecule has 1 aromatic heterocycles. The molecule has 7 nitrogen and oxygen atoms in total. The average molecular weight is 420 g/mol. The van der Waals surface area contributed by atoms with Gasteiger partial charge in [-0.3, -0.25) is 14.5 Å². The van der Waals surface area contributed by atoms with Crippen LogP contribution < -0.4 is 10.9 Å². The summed E-state index contributed by atoms with van der Waals surface area (Å²) in [5.41, 5.74) is 2.70. The zero-order chi connectivity index (χ0) is 21.6. The molecular formula is C24H29N5O2. The Balaban J connectivity index is 1.25. The number of likely N-dealkylation sites (tertiary alicyclic amines) is 1. The molecule has 2 heterocycles. The number of nitrogens with zero attached hydrogens (tertiary/aromatic N) is 4. The van der Waals surface area contributed by atoms with Crippen LogP contribution in [0.4, 0.5) is 0 Å². The highest BCUT2D eigenvalue weighted by Crippen LogP contribution is 2.18. The van der Waals surface area contributed by atoms with E-state index in [9.17, 15) is 9.59 Å². The molecule has 2 aromatic carbocycles. The van der Waals surface area contributed by atoms with Crippen molar-refractivity contribution in [3.8, 4) is 0 Å². The SMILES string of the molecule is C[C@@H]1CCCN(Cc2ccc(CNC(=O)CCn3nnc4ccccc4c3=O)cc2)C1. The van der Waals surface area contributed by atoms with Crippen LogP contribution in [0.15, 0.2) is 53.3 Å². The van der Waals surface area contributed by atoms with Gasteiger partial charge >= 0.3 is 0 Å². The topological polar surface area (TPSA) is 80.1 Å². The van der Waals surface area contributed by atoms with E-state index < -0.39 is 0 Å². The highest BCUT2D eigenvalue weighted by atomic mass is 16.2. The Bertz CT molecular complexity index is 1090. The third kappa shape index (κ3) is 5.55. The van der Waals surface area contributed by atoms with E-state index in [-0.39, 0.29) is 24.4 Å². The lowest BCUT2D eigenvalue weighted by Crippen LogP contribution is -2.33. The van der Waals surface area contributed by atoms with Crippen LogP contribution in [0.3, 0.4) is 0 Å². The molecule has 162 valence electrons. The molecule has 1 aliphatic rings. The molecule has 4 rings (SSSR count). The maximum Gasteiger partial charge on any atom is 0.277 e. The Morgan fingerprint density at radius 1 is 1.13 bits per heavy atom. The minimum absolute atomic E-state index is 0.117. The van der Waals surface area contributed by atoms with E-state index in [1.165, 1.54) is 36.2 Å². The number of hydrogen-bond acceptors (Lipinski definition) is 5. The number of fused-ring (bicyclic) bond motifs is 1. The normalized spacial score (nSPS) is 17.0. The predicted octanol–water partition coefficient (Wildman–Crippen LogP) is 2.73. The van der Waals surface area contributed by atoms with Crippen molar-refractivity contribution in [2.24, 2.45) is 5.92 Å². The van der Waals surface area contributed by atoms with Crippen molar-refractivity contribution in [2.45, 2.75) is 45.8 Å². The van der Waals surface area contributed by atoms with E-state index in [0.29, 0.717) is 17.4 Å². The maximum absolute atomic E-state index is 12.4. The summed E-state index contributed by atoms with van der Waals surface area (Å²) in [7, 11) is 0. The van der Waals surface area contributed by atoms with Crippen molar-refractivity contribution in [3.05, 3.63) is 70.0 Å². The van der Waals surface area contributed by atoms with Gasteiger partial charge in [-0.1, -0.05) is 48.5 Å². The third-order valence-electron chi connectivity index (χ3n) is 5.84. The quantitative estimate of drug-likeness (QED) is 0.637. The molecule has 31 heavy (non-hydrogen) atoms. The second kappa shape index (κ2) is 9.83. The zero-order valence-electron chi connectivity index (χ0n) is 18.0. The molecule has 0 unspecified atom stereocenters. The van der Waals surface area contributed by atoms with Gasteiger partial charge in [0.2, 0.25) is 5.91 Å². The largest absolute Gasteiger partial charge is 0.352 e. The van der Waals surface area contributed by atoms with Gasteiger partial charge in [0.25, 0.3) is 5.56 Å². The molecule has 1 saturated heterocycles. The molecule has 7 heteroatoms. The van der Waals surface area contributed by atoms with Crippen LogP contribution in [0.25, 0.3) is 10.9 Å². The molecule has 0 spiro atoms. The van der Waals surface area contributed by atoms with Crippen LogP contribution in [0.5, 0.6) is 0 Å². The second-order valence-corrected chi connectivity index (χ2v) is 8.46. The van der Waals surface area contributed by atoms with Gasteiger partial charge in [0.1, 0.15) is 5.52 Å². The number of carbonyl (C=O) groups excluding carboxylic acids is 1. The Morgan fingerprint density at radius 2 is 1.90 bits per heavy atom. The summed E-state index contributed by atoms with van der Waals surface area (Å²) in [5, 5.41) is 11.4. The van der Waals surface area contributed by atoms with E-state index in [2.05, 4.69) is 51.7 Å². The Labute approximate surface area is 182 Å². The van der Waals surface area contributed by atoms with Crippen LogP contribution >= 0.6 is 0 Å².